The second-order valence-electron chi connectivity index (χ2n) is 10.1. The number of nitrogens with zero attached hydrogens (tertiary/aromatic N) is 2. The van der Waals surface area contributed by atoms with Crippen LogP contribution >= 0.6 is 11.6 Å². The molecule has 0 atom stereocenters. The summed E-state index contributed by atoms with van der Waals surface area (Å²) in [6.07, 6.45) is 0. The molecule has 4 aromatic carbocycles. The van der Waals surface area contributed by atoms with Crippen molar-refractivity contribution in [3.63, 3.8) is 0 Å². The Bertz CT molecular complexity index is 2040. The number of carbonyl (C=O) groups excluding carboxylic acids is 1. The van der Waals surface area contributed by atoms with Crippen molar-refractivity contribution in [2.75, 3.05) is 14.2 Å². The summed E-state index contributed by atoms with van der Waals surface area (Å²) in [5, 5.41) is 8.53. The van der Waals surface area contributed by atoms with Crippen LogP contribution in [0.25, 0.3) is 27.5 Å². The number of fused-ring (bicyclic) bond motifs is 3. The molecule has 2 aromatic heterocycles. The van der Waals surface area contributed by atoms with Gasteiger partial charge in [0.25, 0.3) is 11.5 Å². The van der Waals surface area contributed by atoms with E-state index in [1.807, 2.05) is 42.5 Å². The highest BCUT2D eigenvalue weighted by Gasteiger charge is 2.20. The summed E-state index contributed by atoms with van der Waals surface area (Å²) < 4.78 is 23.5. The third-order valence-electron chi connectivity index (χ3n) is 7.30. The van der Waals surface area contributed by atoms with Gasteiger partial charge in [-0.3, -0.25) is 14.2 Å². The molecule has 6 aromatic rings. The molecule has 9 nitrogen and oxygen atoms in total. The number of rotatable bonds is 9. The minimum Gasteiger partial charge on any atom is -0.497 e. The first-order chi connectivity index (χ1) is 21.4. The van der Waals surface area contributed by atoms with Crippen molar-refractivity contribution in [2.45, 2.75) is 20.1 Å². The predicted octanol–water partition coefficient (Wildman–Crippen LogP) is 6.62. The van der Waals surface area contributed by atoms with Gasteiger partial charge in [0.15, 0.2) is 0 Å². The van der Waals surface area contributed by atoms with Crippen LogP contribution in [0.5, 0.6) is 17.2 Å². The average molecular weight is 610 g/mol. The second-order valence-corrected chi connectivity index (χ2v) is 10.5. The number of methoxy groups -OCH3 is 2. The standard InChI is InChI=1S/C34H28ClN3O6/c1-20-30-32(37-44-20)31-28(35)8-5-9-29(31)38(34(30)40)24-7-4-6-21(14-24)18-36-33(39)23-10-12-25(13-11-23)43-19-22-15-26(41-2)17-27(16-22)42-3/h4-17H,18-19H2,1-3H3,(H,36,39). The fraction of sp³-hybridized carbons (Fsp3) is 0.147. The molecular formula is C34H28ClN3O6. The van der Waals surface area contributed by atoms with E-state index in [-0.39, 0.29) is 18.0 Å². The van der Waals surface area contributed by atoms with Gasteiger partial charge in [-0.25, -0.2) is 0 Å². The van der Waals surface area contributed by atoms with Gasteiger partial charge >= 0.3 is 0 Å². The fourth-order valence-corrected chi connectivity index (χ4v) is 5.37. The normalized spacial score (nSPS) is 11.1. The molecular weight excluding hydrogens is 582 g/mol. The number of aromatic nitrogens is 2. The van der Waals surface area contributed by atoms with Crippen LogP contribution in [0.4, 0.5) is 0 Å². The van der Waals surface area contributed by atoms with Gasteiger partial charge in [0.05, 0.1) is 24.8 Å². The van der Waals surface area contributed by atoms with E-state index in [9.17, 15) is 9.59 Å². The van der Waals surface area contributed by atoms with Crippen LogP contribution in [0.3, 0.4) is 0 Å². The maximum absolute atomic E-state index is 13.6. The number of pyridine rings is 1. The van der Waals surface area contributed by atoms with Crippen molar-refractivity contribution in [3.8, 4) is 22.9 Å². The Morgan fingerprint density at radius 2 is 1.61 bits per heavy atom. The molecule has 0 saturated heterocycles. The summed E-state index contributed by atoms with van der Waals surface area (Å²) in [5.41, 5.74) is 3.60. The molecule has 0 aliphatic rings. The van der Waals surface area contributed by atoms with Gasteiger partial charge in [-0.05, 0) is 78.7 Å². The molecule has 10 heteroatoms. The third kappa shape index (κ3) is 5.57. The Hall–Kier alpha value is -5.28. The maximum atomic E-state index is 13.6. The largest absolute Gasteiger partial charge is 0.497 e. The number of benzene rings is 4. The van der Waals surface area contributed by atoms with Crippen molar-refractivity contribution in [1.82, 2.24) is 15.0 Å². The topological polar surface area (TPSA) is 105 Å². The lowest BCUT2D eigenvalue weighted by Gasteiger charge is -2.13. The lowest BCUT2D eigenvalue weighted by Crippen LogP contribution is -2.23. The van der Waals surface area contributed by atoms with Gasteiger partial charge < -0.3 is 24.1 Å². The van der Waals surface area contributed by atoms with Crippen molar-refractivity contribution in [3.05, 3.63) is 123 Å². The van der Waals surface area contributed by atoms with Gasteiger partial charge in [-0.1, -0.05) is 35.0 Å². The minimum absolute atomic E-state index is 0.240. The van der Waals surface area contributed by atoms with Crippen LogP contribution in [-0.2, 0) is 13.2 Å². The summed E-state index contributed by atoms with van der Waals surface area (Å²) in [6, 6.07) is 25.2. The maximum Gasteiger partial charge on any atom is 0.268 e. The monoisotopic (exact) mass is 609 g/mol. The second kappa shape index (κ2) is 12.1. The summed E-state index contributed by atoms with van der Waals surface area (Å²) in [7, 11) is 3.19. The molecule has 0 aliphatic heterocycles. The van der Waals surface area contributed by atoms with Gasteiger partial charge in [0.2, 0.25) is 0 Å². The number of amides is 1. The zero-order chi connectivity index (χ0) is 30.8. The molecule has 44 heavy (non-hydrogen) atoms. The molecule has 0 fully saturated rings. The van der Waals surface area contributed by atoms with Crippen LogP contribution in [-0.4, -0.2) is 29.9 Å². The number of nitrogens with one attached hydrogen (secondary N) is 1. The first kappa shape index (κ1) is 28.8. The number of ether oxygens (including phenoxy) is 3. The molecule has 1 amide bonds. The molecule has 222 valence electrons. The van der Waals surface area contributed by atoms with Crippen molar-refractivity contribution < 1.29 is 23.5 Å². The zero-order valence-corrected chi connectivity index (χ0v) is 25.0. The van der Waals surface area contributed by atoms with E-state index in [1.54, 1.807) is 68.2 Å². The Morgan fingerprint density at radius 1 is 0.886 bits per heavy atom. The first-order valence-corrected chi connectivity index (χ1v) is 14.2. The highest BCUT2D eigenvalue weighted by molar-refractivity contribution is 6.37. The highest BCUT2D eigenvalue weighted by Crippen LogP contribution is 2.31. The van der Waals surface area contributed by atoms with E-state index < -0.39 is 0 Å². The van der Waals surface area contributed by atoms with E-state index in [0.717, 1.165) is 11.1 Å². The lowest BCUT2D eigenvalue weighted by atomic mass is 10.1. The zero-order valence-electron chi connectivity index (χ0n) is 24.2. The van der Waals surface area contributed by atoms with E-state index in [1.165, 1.54) is 0 Å². The van der Waals surface area contributed by atoms with Gasteiger partial charge in [-0.2, -0.15) is 0 Å². The SMILES string of the molecule is COc1cc(COc2ccc(C(=O)NCc3cccc(-n4c(=O)c5c(C)onc5c5c(Cl)cccc54)c3)cc2)cc(OC)c1. The van der Waals surface area contributed by atoms with Crippen LogP contribution in [0.15, 0.2) is 94.2 Å². The number of aryl methyl sites for hydroxylation is 1. The van der Waals surface area contributed by atoms with Gasteiger partial charge in [-0.15, -0.1) is 0 Å². The van der Waals surface area contributed by atoms with E-state index >= 15 is 0 Å². The lowest BCUT2D eigenvalue weighted by molar-refractivity contribution is 0.0951. The quantitative estimate of drug-likeness (QED) is 0.196. The van der Waals surface area contributed by atoms with Crippen molar-refractivity contribution in [1.29, 1.82) is 0 Å². The summed E-state index contributed by atoms with van der Waals surface area (Å²) >= 11 is 6.55. The summed E-state index contributed by atoms with van der Waals surface area (Å²) in [4.78, 5) is 26.6. The first-order valence-electron chi connectivity index (χ1n) is 13.8. The number of hydrogen-bond acceptors (Lipinski definition) is 7. The molecule has 0 radical (unpaired) electrons. The van der Waals surface area contributed by atoms with Crippen molar-refractivity contribution >= 4 is 39.3 Å². The number of halogens is 1. The van der Waals surface area contributed by atoms with Crippen LogP contribution in [0, 0.1) is 6.92 Å². The molecule has 6 rings (SSSR count). The molecule has 0 bridgehead atoms. The molecule has 0 spiro atoms. The highest BCUT2D eigenvalue weighted by atomic mass is 35.5. The van der Waals surface area contributed by atoms with E-state index in [2.05, 4.69) is 10.5 Å². The summed E-state index contributed by atoms with van der Waals surface area (Å²) in [5.74, 6) is 2.15. The third-order valence-corrected chi connectivity index (χ3v) is 7.62. The molecule has 0 saturated carbocycles. The minimum atomic E-state index is -0.262. The van der Waals surface area contributed by atoms with Gasteiger partial charge in [0, 0.05) is 29.2 Å². The molecule has 1 N–H and O–H groups in total. The predicted molar refractivity (Wildman–Crippen MR) is 168 cm³/mol. The molecule has 0 unspecified atom stereocenters. The Balaban J connectivity index is 1.17. The van der Waals surface area contributed by atoms with Crippen LogP contribution in [0.2, 0.25) is 5.02 Å². The molecule has 2 heterocycles. The number of hydrogen-bond donors (Lipinski definition) is 1. The van der Waals surface area contributed by atoms with E-state index in [4.69, 9.17) is 30.3 Å². The van der Waals surface area contributed by atoms with Crippen LogP contribution < -0.4 is 25.1 Å². The Morgan fingerprint density at radius 3 is 2.34 bits per heavy atom. The van der Waals surface area contributed by atoms with E-state index in [0.29, 0.717) is 67.7 Å². The average Bonchev–Trinajstić information content (AvgIpc) is 3.44. The summed E-state index contributed by atoms with van der Waals surface area (Å²) in [6.45, 7) is 2.26. The van der Waals surface area contributed by atoms with Gasteiger partial charge in [0.1, 0.15) is 40.5 Å². The van der Waals surface area contributed by atoms with Crippen molar-refractivity contribution in [2.24, 2.45) is 0 Å². The Kier molecular flexibility index (Phi) is 7.95. The molecule has 0 aliphatic carbocycles. The fourth-order valence-electron chi connectivity index (χ4n) is 5.11. The van der Waals surface area contributed by atoms with Crippen LogP contribution in [0.1, 0.15) is 27.2 Å². The Labute approximate surface area is 257 Å². The smallest absolute Gasteiger partial charge is 0.268 e. The number of carbonyl (C=O) groups is 1.